The molecule has 2 atom stereocenters. The monoisotopic (exact) mass is 267 g/mol. The summed E-state index contributed by atoms with van der Waals surface area (Å²) in [5, 5.41) is 10.4. The Morgan fingerprint density at radius 1 is 1.50 bits per heavy atom. The van der Waals surface area contributed by atoms with Gasteiger partial charge in [-0.2, -0.15) is 0 Å². The minimum Gasteiger partial charge on any atom is -0.460 e. The van der Waals surface area contributed by atoms with Crippen LogP contribution in [-0.2, 0) is 16.1 Å². The maximum absolute atomic E-state index is 11.5. The summed E-state index contributed by atoms with van der Waals surface area (Å²) in [6.45, 7) is 0.175. The molecule has 5 nitrogen and oxygen atoms in total. The molecular weight excluding hydrogens is 254 g/mol. The second-order valence-electron chi connectivity index (χ2n) is 4.15. The molecule has 96 valence electrons. The fraction of sp³-hybridized carbons (Fsp3) is 0.417. The summed E-state index contributed by atoms with van der Waals surface area (Å²) in [7, 11) is 0. The molecule has 1 aliphatic carbocycles. The zero-order chi connectivity index (χ0) is 13.1. The summed E-state index contributed by atoms with van der Waals surface area (Å²) >= 11 is 1.64. The standard InChI is InChI=1S/C12H13NO4S/c1-18-9-4-2-8(3-5-9)7-17-12(14)10-6-11(10)13(15)16/h2-5,10-11H,6-7H2,1H3/t10-,11-/m1/s1. The van der Waals surface area contributed by atoms with Crippen LogP contribution in [0.3, 0.4) is 0 Å². The predicted octanol–water partition coefficient (Wildman–Crippen LogP) is 2.12. The highest BCUT2D eigenvalue weighted by Gasteiger charge is 2.54. The van der Waals surface area contributed by atoms with E-state index in [9.17, 15) is 14.9 Å². The lowest BCUT2D eigenvalue weighted by Crippen LogP contribution is -2.13. The first kappa shape index (κ1) is 12.9. The van der Waals surface area contributed by atoms with E-state index in [0.717, 1.165) is 10.5 Å². The van der Waals surface area contributed by atoms with Crippen molar-refractivity contribution in [2.24, 2.45) is 5.92 Å². The Morgan fingerprint density at radius 2 is 2.17 bits per heavy atom. The Kier molecular flexibility index (Phi) is 3.86. The summed E-state index contributed by atoms with van der Waals surface area (Å²) in [6, 6.07) is 6.93. The van der Waals surface area contributed by atoms with E-state index in [-0.39, 0.29) is 6.61 Å². The first-order valence-corrected chi connectivity index (χ1v) is 6.77. The summed E-state index contributed by atoms with van der Waals surface area (Å²) in [4.78, 5) is 22.6. The third kappa shape index (κ3) is 3.01. The first-order valence-electron chi connectivity index (χ1n) is 5.55. The molecular formula is C12H13NO4S. The van der Waals surface area contributed by atoms with Crippen molar-refractivity contribution in [1.29, 1.82) is 0 Å². The largest absolute Gasteiger partial charge is 0.460 e. The molecule has 1 fully saturated rings. The van der Waals surface area contributed by atoms with Gasteiger partial charge in [0.1, 0.15) is 12.5 Å². The van der Waals surface area contributed by atoms with Gasteiger partial charge in [-0.25, -0.2) is 0 Å². The predicted molar refractivity (Wildman–Crippen MR) is 66.9 cm³/mol. The quantitative estimate of drug-likeness (QED) is 0.354. The van der Waals surface area contributed by atoms with E-state index in [1.807, 2.05) is 30.5 Å². The van der Waals surface area contributed by atoms with Crippen LogP contribution in [0.2, 0.25) is 0 Å². The molecule has 0 unspecified atom stereocenters. The first-order chi connectivity index (χ1) is 8.61. The van der Waals surface area contributed by atoms with Crippen LogP contribution in [-0.4, -0.2) is 23.2 Å². The van der Waals surface area contributed by atoms with Crippen LogP contribution in [0, 0.1) is 16.0 Å². The molecule has 0 heterocycles. The van der Waals surface area contributed by atoms with Crippen LogP contribution >= 0.6 is 11.8 Å². The molecule has 0 N–H and O–H groups in total. The molecule has 0 amide bonds. The fourth-order valence-electron chi connectivity index (χ4n) is 1.65. The fourth-order valence-corrected chi connectivity index (χ4v) is 2.06. The van der Waals surface area contributed by atoms with E-state index < -0.39 is 22.9 Å². The maximum Gasteiger partial charge on any atom is 0.316 e. The molecule has 2 rings (SSSR count). The van der Waals surface area contributed by atoms with E-state index in [2.05, 4.69) is 0 Å². The smallest absolute Gasteiger partial charge is 0.316 e. The van der Waals surface area contributed by atoms with Crippen molar-refractivity contribution >= 4 is 17.7 Å². The number of carbonyl (C=O) groups excluding carboxylic acids is 1. The van der Waals surface area contributed by atoms with Crippen molar-refractivity contribution in [1.82, 2.24) is 0 Å². The topological polar surface area (TPSA) is 69.4 Å². The Bertz CT molecular complexity index is 460. The van der Waals surface area contributed by atoms with Gasteiger partial charge in [0.25, 0.3) is 0 Å². The Balaban J connectivity index is 1.81. The molecule has 1 aliphatic rings. The number of hydrogen-bond donors (Lipinski definition) is 0. The number of nitrogens with zero attached hydrogens (tertiary/aromatic N) is 1. The summed E-state index contributed by atoms with van der Waals surface area (Å²) in [5.74, 6) is -1.02. The van der Waals surface area contributed by atoms with Crippen molar-refractivity contribution in [2.45, 2.75) is 24.0 Å². The number of thioether (sulfide) groups is 1. The number of carbonyl (C=O) groups is 1. The van der Waals surface area contributed by atoms with Gasteiger partial charge < -0.3 is 4.74 Å². The number of ether oxygens (including phenoxy) is 1. The number of benzene rings is 1. The van der Waals surface area contributed by atoms with Crippen molar-refractivity contribution in [3.05, 3.63) is 39.9 Å². The summed E-state index contributed by atoms with van der Waals surface area (Å²) in [5.41, 5.74) is 0.888. The third-order valence-electron chi connectivity index (χ3n) is 2.87. The van der Waals surface area contributed by atoms with Crippen LogP contribution in [0.15, 0.2) is 29.2 Å². The van der Waals surface area contributed by atoms with Gasteiger partial charge in [0.15, 0.2) is 0 Å². The Morgan fingerprint density at radius 3 is 2.67 bits per heavy atom. The average molecular weight is 267 g/mol. The van der Waals surface area contributed by atoms with E-state index in [1.165, 1.54) is 0 Å². The highest BCUT2D eigenvalue weighted by molar-refractivity contribution is 7.98. The number of rotatable bonds is 5. The molecule has 0 aliphatic heterocycles. The minimum absolute atomic E-state index is 0.175. The van der Waals surface area contributed by atoms with Crippen LogP contribution < -0.4 is 0 Å². The lowest BCUT2D eigenvalue weighted by molar-refractivity contribution is -0.497. The zero-order valence-electron chi connectivity index (χ0n) is 9.87. The van der Waals surface area contributed by atoms with E-state index in [4.69, 9.17) is 4.74 Å². The summed E-state index contributed by atoms with van der Waals surface area (Å²) in [6.07, 6.45) is 2.29. The lowest BCUT2D eigenvalue weighted by atomic mass is 10.2. The Hall–Kier alpha value is -1.56. The third-order valence-corrected chi connectivity index (χ3v) is 3.61. The van der Waals surface area contributed by atoms with Crippen molar-refractivity contribution in [2.75, 3.05) is 6.26 Å². The molecule has 0 radical (unpaired) electrons. The van der Waals surface area contributed by atoms with Crippen molar-refractivity contribution < 1.29 is 14.5 Å². The van der Waals surface area contributed by atoms with Gasteiger partial charge in [-0.15, -0.1) is 11.8 Å². The van der Waals surface area contributed by atoms with Crippen molar-refractivity contribution in [3.63, 3.8) is 0 Å². The van der Waals surface area contributed by atoms with Gasteiger partial charge >= 0.3 is 5.97 Å². The molecule has 1 aromatic carbocycles. The van der Waals surface area contributed by atoms with E-state index in [0.29, 0.717) is 6.42 Å². The molecule has 0 bridgehead atoms. The normalized spacial score (nSPS) is 21.4. The van der Waals surface area contributed by atoms with Gasteiger partial charge in [-0.1, -0.05) is 12.1 Å². The van der Waals surface area contributed by atoms with E-state index in [1.54, 1.807) is 11.8 Å². The second-order valence-corrected chi connectivity index (χ2v) is 5.03. The average Bonchev–Trinajstić information content (AvgIpc) is 3.17. The minimum atomic E-state index is -0.739. The van der Waals surface area contributed by atoms with Gasteiger partial charge in [0, 0.05) is 16.2 Å². The van der Waals surface area contributed by atoms with Gasteiger partial charge in [0.05, 0.1) is 0 Å². The highest BCUT2D eigenvalue weighted by atomic mass is 32.2. The molecule has 1 aromatic rings. The molecule has 0 spiro atoms. The lowest BCUT2D eigenvalue weighted by Gasteiger charge is -2.04. The molecule has 0 aromatic heterocycles. The SMILES string of the molecule is CSc1ccc(COC(=O)[C@@H]2C[C@H]2[N+](=O)[O-])cc1. The number of nitro groups is 1. The van der Waals surface area contributed by atoms with Crippen LogP contribution in [0.1, 0.15) is 12.0 Å². The molecule has 6 heteroatoms. The van der Waals surface area contributed by atoms with Crippen LogP contribution in [0.5, 0.6) is 0 Å². The van der Waals surface area contributed by atoms with Crippen LogP contribution in [0.25, 0.3) is 0 Å². The number of esters is 1. The maximum atomic E-state index is 11.5. The molecule has 18 heavy (non-hydrogen) atoms. The van der Waals surface area contributed by atoms with Crippen LogP contribution in [0.4, 0.5) is 0 Å². The van der Waals surface area contributed by atoms with E-state index >= 15 is 0 Å². The Labute approximate surface area is 109 Å². The summed E-state index contributed by atoms with van der Waals surface area (Å²) < 4.78 is 5.06. The van der Waals surface area contributed by atoms with Gasteiger partial charge in [-0.05, 0) is 24.0 Å². The molecule has 0 saturated heterocycles. The van der Waals surface area contributed by atoms with Gasteiger partial charge in [-0.3, -0.25) is 14.9 Å². The van der Waals surface area contributed by atoms with Crippen molar-refractivity contribution in [3.8, 4) is 0 Å². The second kappa shape index (κ2) is 5.39. The number of hydrogen-bond acceptors (Lipinski definition) is 5. The molecule has 1 saturated carbocycles. The zero-order valence-corrected chi connectivity index (χ0v) is 10.7. The van der Waals surface area contributed by atoms with Gasteiger partial charge in [0.2, 0.25) is 6.04 Å². The highest BCUT2D eigenvalue weighted by Crippen LogP contribution is 2.34.